The predicted octanol–water partition coefficient (Wildman–Crippen LogP) is 4.68. The fourth-order valence-corrected chi connectivity index (χ4v) is 4.82. The lowest BCUT2D eigenvalue weighted by Gasteiger charge is -2.37. The number of nitrogens with zero attached hydrogens (tertiary/aromatic N) is 2. The molecule has 1 atom stereocenters. The fraction of sp³-hybridized carbons (Fsp3) is 0.292. The molecule has 0 aliphatic carbocycles. The van der Waals surface area contributed by atoms with E-state index in [1.165, 1.54) is 25.2 Å². The zero-order chi connectivity index (χ0) is 25.9. The van der Waals surface area contributed by atoms with Gasteiger partial charge in [0.1, 0.15) is 11.5 Å². The number of allylic oxidation sites excluding steroid dienone is 1. The molecule has 0 saturated carbocycles. The van der Waals surface area contributed by atoms with Gasteiger partial charge in [-0.05, 0) is 30.5 Å². The number of amides is 1. The summed E-state index contributed by atoms with van der Waals surface area (Å²) < 4.78 is 58.1. The number of carbonyl (C=O) groups excluding carboxylic acids is 2. The van der Waals surface area contributed by atoms with Crippen LogP contribution in [0.2, 0.25) is 0 Å². The zero-order valence-corrected chi connectivity index (χ0v) is 20.1. The van der Waals surface area contributed by atoms with E-state index in [9.17, 15) is 22.8 Å². The van der Waals surface area contributed by atoms with E-state index in [4.69, 9.17) is 13.9 Å². The highest BCUT2D eigenvalue weighted by molar-refractivity contribution is 8.16. The molecule has 190 valence electrons. The molecule has 4 rings (SSSR count). The number of benzene rings is 1. The number of amidine groups is 1. The summed E-state index contributed by atoms with van der Waals surface area (Å²) in [5, 5.41) is 4.25. The number of nitrogens with one attached hydrogen (secondary N) is 1. The van der Waals surface area contributed by atoms with Crippen LogP contribution in [0.3, 0.4) is 0 Å². The third kappa shape index (κ3) is 5.13. The molecule has 2 aliphatic rings. The molecule has 1 amide bonds. The summed E-state index contributed by atoms with van der Waals surface area (Å²) in [6.07, 6.45) is -3.62. The molecule has 1 N–H and O–H groups in total. The third-order valence-electron chi connectivity index (χ3n) is 5.39. The Morgan fingerprint density at radius 2 is 2.00 bits per heavy atom. The standard InChI is InChI=1S/C24H22F3N3O5S/c1-3-34-22(32)19-20(16-8-4-5-9-17(16)33-2)30-14(11-18(31)28-12-15-7-6-10-35-15)13-36-23(30)29-21(19)24(25,26)27/h4-10,13,20H,3,11-12H2,1-2H3,(H,28,31). The van der Waals surface area contributed by atoms with Crippen molar-refractivity contribution in [3.05, 3.63) is 76.4 Å². The van der Waals surface area contributed by atoms with E-state index >= 15 is 0 Å². The molecule has 2 aliphatic heterocycles. The second-order valence-corrected chi connectivity index (χ2v) is 8.49. The van der Waals surface area contributed by atoms with Crippen LogP contribution in [0, 0.1) is 0 Å². The van der Waals surface area contributed by atoms with E-state index in [0.29, 0.717) is 17.0 Å². The molecule has 0 radical (unpaired) electrons. The SMILES string of the molecule is CCOC(=O)C1=C(C(F)(F)F)N=C2SC=C(CC(=O)NCc3ccco3)N2C1c1ccccc1OC. The summed E-state index contributed by atoms with van der Waals surface area (Å²) in [7, 11) is 1.38. The van der Waals surface area contributed by atoms with E-state index in [0.717, 1.165) is 11.8 Å². The lowest BCUT2D eigenvalue weighted by atomic mass is 9.92. The van der Waals surface area contributed by atoms with Crippen LogP contribution in [0.25, 0.3) is 0 Å². The summed E-state index contributed by atoms with van der Waals surface area (Å²) in [5.74, 6) is -0.721. The Bertz CT molecular complexity index is 1240. The number of esters is 1. The van der Waals surface area contributed by atoms with Crippen LogP contribution in [0.1, 0.15) is 30.7 Å². The number of hydrogen-bond acceptors (Lipinski definition) is 8. The zero-order valence-electron chi connectivity index (χ0n) is 19.3. The van der Waals surface area contributed by atoms with Gasteiger partial charge >= 0.3 is 12.1 Å². The maximum absolute atomic E-state index is 14.1. The van der Waals surface area contributed by atoms with Gasteiger partial charge in [0.2, 0.25) is 5.91 Å². The summed E-state index contributed by atoms with van der Waals surface area (Å²) in [6.45, 7) is 1.52. The Hall–Kier alpha value is -3.67. The summed E-state index contributed by atoms with van der Waals surface area (Å²) in [5.41, 5.74) is -1.36. The van der Waals surface area contributed by atoms with Gasteiger partial charge < -0.3 is 24.1 Å². The Morgan fingerprint density at radius 3 is 2.67 bits per heavy atom. The highest BCUT2D eigenvalue weighted by Gasteiger charge is 2.49. The fourth-order valence-electron chi connectivity index (χ4n) is 3.90. The Labute approximate surface area is 208 Å². The van der Waals surface area contributed by atoms with Crippen molar-refractivity contribution in [2.75, 3.05) is 13.7 Å². The first-order valence-corrected chi connectivity index (χ1v) is 11.8. The van der Waals surface area contributed by atoms with Crippen LogP contribution in [0.5, 0.6) is 5.75 Å². The molecule has 0 bridgehead atoms. The molecule has 0 fully saturated rings. The van der Waals surface area contributed by atoms with Gasteiger partial charge in [0.05, 0.1) is 44.6 Å². The Morgan fingerprint density at radius 1 is 1.22 bits per heavy atom. The number of rotatable bonds is 8. The van der Waals surface area contributed by atoms with Gasteiger partial charge in [-0.3, -0.25) is 4.79 Å². The number of hydrogen-bond donors (Lipinski definition) is 1. The average Bonchev–Trinajstić information content (AvgIpc) is 3.51. The largest absolute Gasteiger partial charge is 0.496 e. The first-order valence-electron chi connectivity index (χ1n) is 10.9. The molecule has 36 heavy (non-hydrogen) atoms. The molecule has 1 aromatic carbocycles. The monoisotopic (exact) mass is 521 g/mol. The van der Waals surface area contributed by atoms with Crippen molar-refractivity contribution in [1.82, 2.24) is 10.2 Å². The highest BCUT2D eigenvalue weighted by atomic mass is 32.2. The molecule has 3 heterocycles. The quantitative estimate of drug-likeness (QED) is 0.505. The predicted molar refractivity (Wildman–Crippen MR) is 126 cm³/mol. The molecule has 12 heteroatoms. The van der Waals surface area contributed by atoms with Crippen molar-refractivity contribution >= 4 is 28.8 Å². The maximum atomic E-state index is 14.1. The lowest BCUT2D eigenvalue weighted by molar-refractivity contribution is -0.140. The average molecular weight is 522 g/mol. The lowest BCUT2D eigenvalue weighted by Crippen LogP contribution is -2.40. The highest BCUT2D eigenvalue weighted by Crippen LogP contribution is 2.49. The molecular weight excluding hydrogens is 499 g/mol. The number of aliphatic imine (C=N–C) groups is 1. The van der Waals surface area contributed by atoms with Crippen LogP contribution in [0.15, 0.2) is 74.4 Å². The first-order chi connectivity index (χ1) is 17.2. The van der Waals surface area contributed by atoms with E-state index in [1.807, 2.05) is 0 Å². The number of para-hydroxylation sites is 1. The molecule has 0 spiro atoms. The number of alkyl halides is 3. The topological polar surface area (TPSA) is 93.4 Å². The summed E-state index contributed by atoms with van der Waals surface area (Å²) in [6, 6.07) is 8.54. The Balaban J connectivity index is 1.76. The number of methoxy groups -OCH3 is 1. The van der Waals surface area contributed by atoms with Crippen LogP contribution in [-0.4, -0.2) is 41.8 Å². The van der Waals surface area contributed by atoms with Crippen LogP contribution < -0.4 is 10.1 Å². The number of fused-ring (bicyclic) bond motifs is 1. The van der Waals surface area contributed by atoms with Gasteiger partial charge in [-0.15, -0.1) is 0 Å². The number of carbonyl (C=O) groups is 2. The van der Waals surface area contributed by atoms with E-state index in [1.54, 1.807) is 41.8 Å². The van der Waals surface area contributed by atoms with Gasteiger partial charge in [0.15, 0.2) is 10.9 Å². The molecule has 2 aromatic rings. The minimum absolute atomic E-state index is 0.0138. The number of halogens is 3. The van der Waals surface area contributed by atoms with Crippen molar-refractivity contribution in [3.8, 4) is 5.75 Å². The third-order valence-corrected chi connectivity index (χ3v) is 6.28. The first kappa shape index (κ1) is 25.4. The minimum atomic E-state index is -4.93. The molecule has 1 unspecified atom stereocenters. The number of furan rings is 1. The molecular formula is C24H22F3N3O5S. The van der Waals surface area contributed by atoms with E-state index in [-0.39, 0.29) is 36.4 Å². The smallest absolute Gasteiger partial charge is 0.434 e. The molecule has 0 saturated heterocycles. The van der Waals surface area contributed by atoms with Gasteiger partial charge in [-0.25, -0.2) is 9.79 Å². The molecule has 1 aromatic heterocycles. The van der Waals surface area contributed by atoms with Crippen molar-refractivity contribution in [1.29, 1.82) is 0 Å². The van der Waals surface area contributed by atoms with Crippen molar-refractivity contribution in [3.63, 3.8) is 0 Å². The van der Waals surface area contributed by atoms with Gasteiger partial charge in [-0.1, -0.05) is 30.0 Å². The van der Waals surface area contributed by atoms with Gasteiger partial charge in [-0.2, -0.15) is 13.2 Å². The number of ether oxygens (including phenoxy) is 2. The van der Waals surface area contributed by atoms with Crippen molar-refractivity contribution < 1.29 is 36.7 Å². The summed E-state index contributed by atoms with van der Waals surface area (Å²) in [4.78, 5) is 30.9. The van der Waals surface area contributed by atoms with E-state index < -0.39 is 29.5 Å². The second-order valence-electron chi connectivity index (χ2n) is 7.65. The van der Waals surface area contributed by atoms with Gasteiger partial charge in [0.25, 0.3) is 0 Å². The van der Waals surface area contributed by atoms with Crippen molar-refractivity contribution in [2.45, 2.75) is 32.1 Å². The molecule has 8 nitrogen and oxygen atoms in total. The van der Waals surface area contributed by atoms with Crippen molar-refractivity contribution in [2.24, 2.45) is 4.99 Å². The van der Waals surface area contributed by atoms with Crippen LogP contribution in [-0.2, 0) is 20.9 Å². The minimum Gasteiger partial charge on any atom is -0.496 e. The van der Waals surface area contributed by atoms with Crippen LogP contribution in [0.4, 0.5) is 13.2 Å². The maximum Gasteiger partial charge on any atom is 0.434 e. The van der Waals surface area contributed by atoms with Crippen LogP contribution >= 0.6 is 11.8 Å². The summed E-state index contributed by atoms with van der Waals surface area (Å²) >= 11 is 0.939. The normalized spacial score (nSPS) is 17.4. The Kier molecular flexibility index (Phi) is 7.43. The number of thioether (sulfide) groups is 1. The van der Waals surface area contributed by atoms with E-state index in [2.05, 4.69) is 10.3 Å². The van der Waals surface area contributed by atoms with Gasteiger partial charge in [0, 0.05) is 11.3 Å². The second kappa shape index (κ2) is 10.5.